The third-order valence-corrected chi connectivity index (χ3v) is 4.82. The van der Waals surface area contributed by atoms with Gasteiger partial charge in [0.2, 0.25) is 5.91 Å². The Kier molecular flexibility index (Phi) is 7.24. The van der Waals surface area contributed by atoms with Crippen molar-refractivity contribution >= 4 is 29.2 Å². The minimum atomic E-state index is -1.07. The Labute approximate surface area is 160 Å². The average molecular weight is 372 g/mol. The van der Waals surface area contributed by atoms with E-state index in [1.165, 1.54) is 0 Å². The normalized spacial score (nSPS) is 18.3. The van der Waals surface area contributed by atoms with Gasteiger partial charge in [-0.2, -0.15) is 0 Å². The molecule has 1 N–H and O–H groups in total. The van der Waals surface area contributed by atoms with Crippen molar-refractivity contribution in [3.05, 3.63) is 29.8 Å². The monoisotopic (exact) mass is 372 g/mol. The molecule has 0 saturated carbocycles. The lowest BCUT2D eigenvalue weighted by Crippen LogP contribution is -2.60. The number of hydrogen-bond donors (Lipinski definition) is 1. The molecule has 7 nitrogen and oxygen atoms in total. The van der Waals surface area contributed by atoms with E-state index in [2.05, 4.69) is 29.1 Å². The molecule has 1 unspecified atom stereocenters. The van der Waals surface area contributed by atoms with Crippen molar-refractivity contribution in [1.29, 1.82) is 0 Å². The molecule has 0 bridgehead atoms. The third kappa shape index (κ3) is 4.80. The van der Waals surface area contributed by atoms with E-state index < -0.39 is 23.8 Å². The number of barbiturate groups is 1. The fraction of sp³-hybridized carbons (Fsp3) is 0.500. The number of carbonyl (C=O) groups excluding carboxylic acids is 3. The molecule has 1 aliphatic heterocycles. The van der Waals surface area contributed by atoms with Crippen LogP contribution in [0.1, 0.15) is 32.8 Å². The van der Waals surface area contributed by atoms with Gasteiger partial charge < -0.3 is 4.90 Å². The quantitative estimate of drug-likeness (QED) is 0.431. The second-order valence-corrected chi connectivity index (χ2v) is 6.59. The summed E-state index contributed by atoms with van der Waals surface area (Å²) in [6.45, 7) is 11.1. The largest absolute Gasteiger partial charge is 0.335 e. The number of urea groups is 1. The summed E-state index contributed by atoms with van der Waals surface area (Å²) in [4.78, 5) is 45.2. The molecule has 7 heteroatoms. The highest BCUT2D eigenvalue weighted by Crippen LogP contribution is 2.24. The zero-order valence-electron chi connectivity index (χ0n) is 16.5. The van der Waals surface area contributed by atoms with Gasteiger partial charge in [-0.15, -0.1) is 0 Å². The van der Waals surface area contributed by atoms with Gasteiger partial charge >= 0.3 is 6.03 Å². The van der Waals surface area contributed by atoms with Gasteiger partial charge in [0.05, 0.1) is 5.69 Å². The summed E-state index contributed by atoms with van der Waals surface area (Å²) in [6.07, 6.45) is 0.849. The molecule has 1 heterocycles. The number of aliphatic imine (C=N–C) groups is 1. The summed E-state index contributed by atoms with van der Waals surface area (Å²) in [7, 11) is 0. The van der Waals surface area contributed by atoms with Crippen LogP contribution in [0.15, 0.2) is 29.3 Å². The summed E-state index contributed by atoms with van der Waals surface area (Å²) in [5.74, 6) is -2.24. The molecule has 1 aliphatic rings. The highest BCUT2D eigenvalue weighted by molar-refractivity contribution is 6.35. The van der Waals surface area contributed by atoms with Crippen LogP contribution in [0.4, 0.5) is 10.5 Å². The number of nitrogens with zero attached hydrogens (tertiary/aromatic N) is 3. The van der Waals surface area contributed by atoms with Crippen molar-refractivity contribution in [2.75, 3.05) is 31.1 Å². The molecule has 1 aromatic rings. The van der Waals surface area contributed by atoms with E-state index in [0.717, 1.165) is 36.5 Å². The van der Waals surface area contributed by atoms with E-state index in [9.17, 15) is 14.4 Å². The van der Waals surface area contributed by atoms with E-state index in [1.54, 1.807) is 19.1 Å². The van der Waals surface area contributed by atoms with E-state index in [1.807, 2.05) is 19.1 Å². The topological polar surface area (TPSA) is 82.1 Å². The van der Waals surface area contributed by atoms with Gasteiger partial charge in [0, 0.05) is 12.3 Å². The summed E-state index contributed by atoms with van der Waals surface area (Å²) < 4.78 is 0. The van der Waals surface area contributed by atoms with Crippen molar-refractivity contribution in [3.8, 4) is 0 Å². The summed E-state index contributed by atoms with van der Waals surface area (Å²) in [5, 5.41) is 2.28. The number of rotatable bonds is 8. The number of hydrogen-bond acceptors (Lipinski definition) is 5. The lowest BCUT2D eigenvalue weighted by atomic mass is 9.98. The van der Waals surface area contributed by atoms with Gasteiger partial charge in [-0.25, -0.2) is 9.69 Å². The molecule has 0 spiro atoms. The second-order valence-electron chi connectivity index (χ2n) is 6.59. The van der Waals surface area contributed by atoms with Crippen molar-refractivity contribution in [1.82, 2.24) is 10.2 Å². The summed E-state index contributed by atoms with van der Waals surface area (Å²) in [5.41, 5.74) is 1.69. The Bertz CT molecular complexity index is 740. The number of imide groups is 2. The van der Waals surface area contributed by atoms with Crippen LogP contribution in [0.25, 0.3) is 0 Å². The number of anilines is 1. The van der Waals surface area contributed by atoms with Gasteiger partial charge in [-0.1, -0.05) is 32.0 Å². The first-order valence-corrected chi connectivity index (χ1v) is 9.38. The Morgan fingerprint density at radius 2 is 1.85 bits per heavy atom. The van der Waals surface area contributed by atoms with E-state index in [0.29, 0.717) is 17.9 Å². The third-order valence-electron chi connectivity index (χ3n) is 4.82. The van der Waals surface area contributed by atoms with E-state index >= 15 is 0 Å². The standard InChI is InChI=1S/C20H28N4O3/c1-5-23(6-2)13-9-12-21-15(4)17-18(25)22-20(27)24(19(17)26)16-11-8-7-10-14(16)3/h7-8,10-11,17H,5-6,9,12-13H2,1-4H3,(H,22,25,27). The minimum Gasteiger partial charge on any atom is -0.304 e. The molecule has 1 saturated heterocycles. The van der Waals surface area contributed by atoms with Crippen LogP contribution in [0.3, 0.4) is 0 Å². The van der Waals surface area contributed by atoms with E-state index in [-0.39, 0.29) is 0 Å². The maximum Gasteiger partial charge on any atom is 0.335 e. The number of benzene rings is 1. The van der Waals surface area contributed by atoms with Crippen molar-refractivity contribution < 1.29 is 14.4 Å². The molecule has 27 heavy (non-hydrogen) atoms. The molecular formula is C20H28N4O3. The number of carbonyl (C=O) groups is 3. The SMILES string of the molecule is CCN(CC)CCCN=C(C)C1C(=O)NC(=O)N(c2ccccc2C)C1=O. The minimum absolute atomic E-state index is 0.433. The van der Waals surface area contributed by atoms with Crippen molar-refractivity contribution in [3.63, 3.8) is 0 Å². The predicted octanol–water partition coefficient (Wildman–Crippen LogP) is 2.39. The highest BCUT2D eigenvalue weighted by atomic mass is 16.2. The molecule has 0 aliphatic carbocycles. The van der Waals surface area contributed by atoms with Crippen LogP contribution in [-0.2, 0) is 9.59 Å². The first-order chi connectivity index (χ1) is 12.9. The Morgan fingerprint density at radius 1 is 1.19 bits per heavy atom. The summed E-state index contributed by atoms with van der Waals surface area (Å²) in [6, 6.07) is 6.37. The molecule has 0 radical (unpaired) electrons. The van der Waals surface area contributed by atoms with Gasteiger partial charge in [0.1, 0.15) is 0 Å². The molecule has 1 aromatic carbocycles. The molecule has 2 rings (SSSR count). The Balaban J connectivity index is 2.14. The number of amides is 4. The zero-order chi connectivity index (χ0) is 20.0. The maximum atomic E-state index is 12.9. The first-order valence-electron chi connectivity index (χ1n) is 9.38. The van der Waals surface area contributed by atoms with Gasteiger partial charge in [0.25, 0.3) is 5.91 Å². The van der Waals surface area contributed by atoms with E-state index in [4.69, 9.17) is 0 Å². The molecule has 4 amide bonds. The van der Waals surface area contributed by atoms with Crippen molar-refractivity contribution in [2.24, 2.45) is 10.9 Å². The van der Waals surface area contributed by atoms with Crippen LogP contribution in [-0.4, -0.2) is 54.6 Å². The number of nitrogens with one attached hydrogen (secondary N) is 1. The second kappa shape index (κ2) is 9.41. The molecule has 146 valence electrons. The van der Waals surface area contributed by atoms with Crippen LogP contribution in [0.5, 0.6) is 0 Å². The van der Waals surface area contributed by atoms with Gasteiger partial charge in [-0.3, -0.25) is 19.9 Å². The molecular weight excluding hydrogens is 344 g/mol. The predicted molar refractivity (Wildman–Crippen MR) is 106 cm³/mol. The van der Waals surface area contributed by atoms with Crippen LogP contribution >= 0.6 is 0 Å². The lowest BCUT2D eigenvalue weighted by molar-refractivity contribution is -0.131. The van der Waals surface area contributed by atoms with Crippen LogP contribution in [0, 0.1) is 12.8 Å². The van der Waals surface area contributed by atoms with Crippen LogP contribution < -0.4 is 10.2 Å². The maximum absolute atomic E-state index is 12.9. The summed E-state index contributed by atoms with van der Waals surface area (Å²) >= 11 is 0. The Hall–Kier alpha value is -2.54. The van der Waals surface area contributed by atoms with Crippen LogP contribution in [0.2, 0.25) is 0 Å². The fourth-order valence-electron chi connectivity index (χ4n) is 3.17. The average Bonchev–Trinajstić information content (AvgIpc) is 2.63. The number of para-hydroxylation sites is 1. The highest BCUT2D eigenvalue weighted by Gasteiger charge is 2.43. The van der Waals surface area contributed by atoms with Gasteiger partial charge in [-0.05, 0) is 51.5 Å². The van der Waals surface area contributed by atoms with Crippen molar-refractivity contribution in [2.45, 2.75) is 34.1 Å². The fourth-order valence-corrected chi connectivity index (χ4v) is 3.17. The molecule has 0 aromatic heterocycles. The van der Waals surface area contributed by atoms with Gasteiger partial charge in [0.15, 0.2) is 5.92 Å². The zero-order valence-corrected chi connectivity index (χ0v) is 16.5. The molecule has 1 atom stereocenters. The first kappa shape index (κ1) is 20.8. The number of aryl methyl sites for hydroxylation is 1. The Morgan fingerprint density at radius 3 is 2.48 bits per heavy atom. The smallest absolute Gasteiger partial charge is 0.304 e. The lowest BCUT2D eigenvalue weighted by Gasteiger charge is -2.31. The molecule has 1 fully saturated rings.